The lowest BCUT2D eigenvalue weighted by Gasteiger charge is -2.15. The highest BCUT2D eigenvalue weighted by Crippen LogP contribution is 2.34. The maximum atomic E-state index is 11.1. The van der Waals surface area contributed by atoms with E-state index in [1.807, 2.05) is 54.6 Å². The van der Waals surface area contributed by atoms with Crippen molar-refractivity contribution >= 4 is 16.9 Å². The molecule has 3 aromatic heterocycles. The van der Waals surface area contributed by atoms with Gasteiger partial charge in [0, 0.05) is 35.5 Å². The minimum absolute atomic E-state index is 0.463. The van der Waals surface area contributed by atoms with E-state index in [0.717, 1.165) is 34.4 Å². The zero-order valence-electron chi connectivity index (χ0n) is 22.0. The molecule has 9 heteroatoms. The van der Waals surface area contributed by atoms with Gasteiger partial charge in [-0.05, 0) is 48.7 Å². The van der Waals surface area contributed by atoms with E-state index in [-0.39, 0.29) is 0 Å². The second-order valence-corrected chi connectivity index (χ2v) is 9.38. The Balaban J connectivity index is 1.28. The van der Waals surface area contributed by atoms with Gasteiger partial charge in [-0.25, -0.2) is 19.9 Å². The molecule has 9 nitrogen and oxygen atoms in total. The minimum atomic E-state index is -1.25. The molecule has 3 heterocycles. The fourth-order valence-electron chi connectivity index (χ4n) is 4.78. The third kappa shape index (κ3) is 4.88. The number of rotatable bonds is 6. The van der Waals surface area contributed by atoms with Crippen molar-refractivity contribution in [2.24, 2.45) is 0 Å². The number of aryl methyl sites for hydroxylation is 1. The van der Waals surface area contributed by atoms with E-state index in [4.69, 9.17) is 14.5 Å². The fraction of sp³-hybridized carbons (Fsp3) is 0.194. The predicted octanol–water partition coefficient (Wildman–Crippen LogP) is 4.30. The number of methoxy groups -OCH3 is 2. The Bertz CT molecular complexity index is 1780. The number of hydrogen-bond donors (Lipinski definition) is 2. The van der Waals surface area contributed by atoms with Crippen LogP contribution in [0.3, 0.4) is 0 Å². The number of pyridine rings is 1. The average molecular weight is 531 g/mol. The first-order chi connectivity index (χ1) is 19.6. The SMILES string of the molecule is COc1ccc(CNc2ncnc3cnc(-c4cccc(C#C[C@]5(O)CCc6cccnc65)c4)nc23)c(OC)c1. The van der Waals surface area contributed by atoms with Gasteiger partial charge in [0.2, 0.25) is 0 Å². The van der Waals surface area contributed by atoms with E-state index < -0.39 is 5.60 Å². The first-order valence-electron chi connectivity index (χ1n) is 12.8. The molecule has 40 heavy (non-hydrogen) atoms. The lowest BCUT2D eigenvalue weighted by atomic mass is 10.0. The van der Waals surface area contributed by atoms with Gasteiger partial charge in [0.1, 0.15) is 28.9 Å². The van der Waals surface area contributed by atoms with Gasteiger partial charge >= 0.3 is 0 Å². The predicted molar refractivity (Wildman–Crippen MR) is 151 cm³/mol. The van der Waals surface area contributed by atoms with Crippen LogP contribution in [-0.2, 0) is 18.6 Å². The average Bonchev–Trinajstić information content (AvgIpc) is 3.35. The maximum Gasteiger partial charge on any atom is 0.168 e. The van der Waals surface area contributed by atoms with Crippen LogP contribution in [0.2, 0.25) is 0 Å². The van der Waals surface area contributed by atoms with Crippen molar-refractivity contribution in [1.29, 1.82) is 0 Å². The van der Waals surface area contributed by atoms with Gasteiger partial charge in [0.15, 0.2) is 17.2 Å². The molecule has 0 fully saturated rings. The fourth-order valence-corrected chi connectivity index (χ4v) is 4.78. The van der Waals surface area contributed by atoms with Gasteiger partial charge in [-0.15, -0.1) is 0 Å². The Morgan fingerprint density at radius 3 is 2.80 bits per heavy atom. The third-order valence-corrected chi connectivity index (χ3v) is 6.89. The molecule has 0 spiro atoms. The molecule has 1 aliphatic carbocycles. The molecule has 2 aromatic carbocycles. The quantitative estimate of drug-likeness (QED) is 0.310. The van der Waals surface area contributed by atoms with Crippen LogP contribution in [0.4, 0.5) is 5.82 Å². The van der Waals surface area contributed by atoms with Gasteiger partial charge in [-0.1, -0.05) is 30.0 Å². The molecule has 198 valence electrons. The van der Waals surface area contributed by atoms with Crippen molar-refractivity contribution in [2.75, 3.05) is 19.5 Å². The minimum Gasteiger partial charge on any atom is -0.497 e. The van der Waals surface area contributed by atoms with Crippen LogP contribution in [-0.4, -0.2) is 44.2 Å². The van der Waals surface area contributed by atoms with Crippen LogP contribution < -0.4 is 14.8 Å². The smallest absolute Gasteiger partial charge is 0.168 e. The van der Waals surface area contributed by atoms with E-state index in [1.165, 1.54) is 6.33 Å². The lowest BCUT2D eigenvalue weighted by molar-refractivity contribution is 0.0982. The van der Waals surface area contributed by atoms with Crippen LogP contribution in [0.5, 0.6) is 11.5 Å². The van der Waals surface area contributed by atoms with E-state index in [1.54, 1.807) is 26.6 Å². The molecule has 0 unspecified atom stereocenters. The summed E-state index contributed by atoms with van der Waals surface area (Å²) in [5.74, 6) is 8.71. The lowest BCUT2D eigenvalue weighted by Crippen LogP contribution is -2.20. The zero-order chi connectivity index (χ0) is 27.5. The molecule has 1 atom stereocenters. The molecule has 0 saturated carbocycles. The number of anilines is 1. The second kappa shape index (κ2) is 10.6. The Labute approximate surface area is 231 Å². The van der Waals surface area contributed by atoms with Crippen molar-refractivity contribution in [1.82, 2.24) is 24.9 Å². The molecular weight excluding hydrogens is 504 g/mol. The van der Waals surface area contributed by atoms with Crippen molar-refractivity contribution in [3.63, 3.8) is 0 Å². The maximum absolute atomic E-state index is 11.1. The molecule has 1 aliphatic rings. The number of ether oxygens (including phenoxy) is 2. The first kappa shape index (κ1) is 25.2. The summed E-state index contributed by atoms with van der Waals surface area (Å²) in [4.78, 5) is 22.5. The highest BCUT2D eigenvalue weighted by molar-refractivity contribution is 5.85. The third-order valence-electron chi connectivity index (χ3n) is 6.89. The van der Waals surface area contributed by atoms with Gasteiger partial charge in [0.25, 0.3) is 0 Å². The highest BCUT2D eigenvalue weighted by atomic mass is 16.5. The highest BCUT2D eigenvalue weighted by Gasteiger charge is 2.36. The molecule has 0 amide bonds. The summed E-state index contributed by atoms with van der Waals surface area (Å²) in [6.07, 6.45) is 6.13. The summed E-state index contributed by atoms with van der Waals surface area (Å²) in [7, 11) is 3.24. The molecule has 0 radical (unpaired) electrons. The molecule has 0 aliphatic heterocycles. The van der Waals surface area contributed by atoms with E-state index in [0.29, 0.717) is 47.1 Å². The largest absolute Gasteiger partial charge is 0.497 e. The van der Waals surface area contributed by atoms with Crippen molar-refractivity contribution in [3.8, 4) is 34.7 Å². The Kier molecular flexibility index (Phi) is 6.68. The number of benzene rings is 2. The number of nitrogens with zero attached hydrogens (tertiary/aromatic N) is 5. The zero-order valence-corrected chi connectivity index (χ0v) is 22.0. The van der Waals surface area contributed by atoms with E-state index >= 15 is 0 Å². The Morgan fingerprint density at radius 1 is 1.00 bits per heavy atom. The van der Waals surface area contributed by atoms with Crippen molar-refractivity contribution in [2.45, 2.75) is 25.0 Å². The Morgan fingerprint density at radius 2 is 1.93 bits per heavy atom. The van der Waals surface area contributed by atoms with Gasteiger partial charge in [0.05, 0.1) is 26.1 Å². The van der Waals surface area contributed by atoms with E-state index in [9.17, 15) is 5.11 Å². The monoisotopic (exact) mass is 530 g/mol. The van der Waals surface area contributed by atoms with Gasteiger partial charge in [-0.3, -0.25) is 4.98 Å². The number of aromatic nitrogens is 5. The topological polar surface area (TPSA) is 115 Å². The van der Waals surface area contributed by atoms with Crippen molar-refractivity contribution < 1.29 is 14.6 Å². The van der Waals surface area contributed by atoms with Gasteiger partial charge in [-0.2, -0.15) is 0 Å². The number of hydrogen-bond acceptors (Lipinski definition) is 9. The normalized spacial score (nSPS) is 15.7. The summed E-state index contributed by atoms with van der Waals surface area (Å²) in [6, 6.07) is 17.2. The first-order valence-corrected chi connectivity index (χ1v) is 12.8. The van der Waals surface area contributed by atoms with Crippen LogP contribution in [0.15, 0.2) is 73.3 Å². The number of nitrogens with one attached hydrogen (secondary N) is 1. The summed E-state index contributed by atoms with van der Waals surface area (Å²) in [5, 5.41) is 14.5. The summed E-state index contributed by atoms with van der Waals surface area (Å²) in [5.41, 5.74) is 4.12. The Hall–Kier alpha value is -5.07. The molecule has 2 N–H and O–H groups in total. The summed E-state index contributed by atoms with van der Waals surface area (Å²) in [6.45, 7) is 0.463. The molecule has 5 aromatic rings. The standard InChI is InChI=1S/C31H26N6O3/c1-39-24-9-8-23(26(16-24)40-2)17-33-30-27-25(35-19-36-30)18-34-29(37-27)22-6-3-5-20(15-22)10-12-31(38)13-11-21-7-4-14-32-28(21)31/h3-9,14-16,18-19,38H,11,13,17H2,1-2H3,(H,33,35,36)/t31-/m0/s1. The summed E-state index contributed by atoms with van der Waals surface area (Å²) < 4.78 is 10.8. The molecule has 0 saturated heterocycles. The van der Waals surface area contributed by atoms with Crippen LogP contribution >= 0.6 is 0 Å². The molecule has 6 rings (SSSR count). The second-order valence-electron chi connectivity index (χ2n) is 9.38. The molecule has 0 bridgehead atoms. The van der Waals surface area contributed by atoms with E-state index in [2.05, 4.69) is 37.1 Å². The number of fused-ring (bicyclic) bond motifs is 2. The van der Waals surface area contributed by atoms with Crippen LogP contribution in [0.1, 0.15) is 28.8 Å². The van der Waals surface area contributed by atoms with Crippen LogP contribution in [0.25, 0.3) is 22.4 Å². The number of aliphatic hydroxyl groups is 1. The summed E-state index contributed by atoms with van der Waals surface area (Å²) >= 11 is 0. The molecular formula is C31H26N6O3. The van der Waals surface area contributed by atoms with Crippen LogP contribution in [0, 0.1) is 11.8 Å². The van der Waals surface area contributed by atoms with Crippen molar-refractivity contribution in [3.05, 3.63) is 95.7 Å². The van der Waals surface area contributed by atoms with Gasteiger partial charge < -0.3 is 19.9 Å².